The average Bonchev–Trinajstić information content (AvgIpc) is 2.24. The molecule has 0 rings (SSSR count). The van der Waals surface area contributed by atoms with Crippen molar-refractivity contribution in [2.24, 2.45) is 5.92 Å². The van der Waals surface area contributed by atoms with Gasteiger partial charge < -0.3 is 5.11 Å². The number of hydrogen-bond donors (Lipinski definition) is 1. The summed E-state index contributed by atoms with van der Waals surface area (Å²) in [6.07, 6.45) is 5.50. The molecule has 0 aliphatic rings. The van der Waals surface area contributed by atoms with E-state index in [1.807, 2.05) is 18.9 Å². The standard InChI is InChI=1S/C13H27NO2/c1-5-8-9-11(6-2)10-14(4)12(7-3)13(15)16/h11-12H,5-10H2,1-4H3,(H,15,16). The van der Waals surface area contributed by atoms with Gasteiger partial charge in [0.2, 0.25) is 0 Å². The predicted molar refractivity (Wildman–Crippen MR) is 67.7 cm³/mol. The monoisotopic (exact) mass is 229 g/mol. The van der Waals surface area contributed by atoms with Gasteiger partial charge in [-0.15, -0.1) is 0 Å². The third-order valence-electron chi connectivity index (χ3n) is 3.29. The Balaban J connectivity index is 4.15. The van der Waals surface area contributed by atoms with E-state index in [-0.39, 0.29) is 6.04 Å². The first-order valence-corrected chi connectivity index (χ1v) is 6.49. The van der Waals surface area contributed by atoms with Gasteiger partial charge in [-0.3, -0.25) is 9.69 Å². The molecule has 0 aliphatic heterocycles. The van der Waals surface area contributed by atoms with Crippen LogP contribution in [0, 0.1) is 5.92 Å². The Morgan fingerprint density at radius 2 is 1.88 bits per heavy atom. The van der Waals surface area contributed by atoms with Gasteiger partial charge in [0.15, 0.2) is 0 Å². The van der Waals surface area contributed by atoms with Gasteiger partial charge >= 0.3 is 5.97 Å². The third kappa shape index (κ3) is 5.50. The van der Waals surface area contributed by atoms with Crippen molar-refractivity contribution in [3.05, 3.63) is 0 Å². The predicted octanol–water partition coefficient (Wildman–Crippen LogP) is 3.00. The molecule has 0 saturated carbocycles. The molecule has 1 N–H and O–H groups in total. The molecule has 0 saturated heterocycles. The smallest absolute Gasteiger partial charge is 0.320 e. The van der Waals surface area contributed by atoms with Crippen LogP contribution in [0.15, 0.2) is 0 Å². The summed E-state index contributed by atoms with van der Waals surface area (Å²) in [7, 11) is 1.93. The number of nitrogens with zero attached hydrogens (tertiary/aromatic N) is 1. The highest BCUT2D eigenvalue weighted by Gasteiger charge is 2.22. The first kappa shape index (κ1) is 15.4. The van der Waals surface area contributed by atoms with Crippen LogP contribution < -0.4 is 0 Å². The van der Waals surface area contributed by atoms with Gasteiger partial charge in [-0.05, 0) is 25.8 Å². The average molecular weight is 229 g/mol. The maximum absolute atomic E-state index is 11.0. The van der Waals surface area contributed by atoms with Crippen molar-refractivity contribution < 1.29 is 9.90 Å². The minimum Gasteiger partial charge on any atom is -0.480 e. The van der Waals surface area contributed by atoms with Crippen LogP contribution in [0.2, 0.25) is 0 Å². The molecular formula is C13H27NO2. The maximum Gasteiger partial charge on any atom is 0.320 e. The Hall–Kier alpha value is -0.570. The van der Waals surface area contributed by atoms with E-state index >= 15 is 0 Å². The van der Waals surface area contributed by atoms with Crippen LogP contribution in [0.1, 0.15) is 52.9 Å². The van der Waals surface area contributed by atoms with Crippen LogP contribution in [-0.2, 0) is 4.79 Å². The molecule has 0 bridgehead atoms. The van der Waals surface area contributed by atoms with Gasteiger partial charge in [0.05, 0.1) is 0 Å². The normalized spacial score (nSPS) is 15.1. The molecule has 0 radical (unpaired) electrons. The SMILES string of the molecule is CCCCC(CC)CN(C)C(CC)C(=O)O. The van der Waals surface area contributed by atoms with Crippen LogP contribution in [0.3, 0.4) is 0 Å². The number of carboxylic acids is 1. The Morgan fingerprint density at radius 3 is 2.25 bits per heavy atom. The Morgan fingerprint density at radius 1 is 1.25 bits per heavy atom. The number of rotatable bonds is 9. The van der Waals surface area contributed by atoms with E-state index in [1.165, 1.54) is 19.3 Å². The first-order chi connectivity index (χ1) is 7.56. The number of carboxylic acid groups (broad SMARTS) is 1. The third-order valence-corrected chi connectivity index (χ3v) is 3.29. The van der Waals surface area contributed by atoms with Crippen molar-refractivity contribution in [1.82, 2.24) is 4.90 Å². The van der Waals surface area contributed by atoms with Crippen LogP contribution in [0.25, 0.3) is 0 Å². The highest BCUT2D eigenvalue weighted by Crippen LogP contribution is 2.15. The largest absolute Gasteiger partial charge is 0.480 e. The van der Waals surface area contributed by atoms with Crippen molar-refractivity contribution in [2.75, 3.05) is 13.6 Å². The fraction of sp³-hybridized carbons (Fsp3) is 0.923. The second kappa shape index (κ2) is 8.57. The van der Waals surface area contributed by atoms with Gasteiger partial charge in [-0.1, -0.05) is 40.0 Å². The van der Waals surface area contributed by atoms with Gasteiger partial charge in [0.1, 0.15) is 6.04 Å². The fourth-order valence-electron chi connectivity index (χ4n) is 2.13. The zero-order valence-electron chi connectivity index (χ0n) is 11.2. The first-order valence-electron chi connectivity index (χ1n) is 6.49. The van der Waals surface area contributed by atoms with Gasteiger partial charge in [0.25, 0.3) is 0 Å². The molecule has 0 amide bonds. The van der Waals surface area contributed by atoms with Crippen LogP contribution in [0.5, 0.6) is 0 Å². The number of carbonyl (C=O) groups is 1. The van der Waals surface area contributed by atoms with Gasteiger partial charge in [-0.25, -0.2) is 0 Å². The lowest BCUT2D eigenvalue weighted by atomic mass is 9.98. The van der Waals surface area contributed by atoms with Crippen LogP contribution >= 0.6 is 0 Å². The molecule has 0 fully saturated rings. The minimum absolute atomic E-state index is 0.323. The van der Waals surface area contributed by atoms with Gasteiger partial charge in [-0.2, -0.15) is 0 Å². The summed E-state index contributed by atoms with van der Waals surface area (Å²) >= 11 is 0. The van der Waals surface area contributed by atoms with E-state index in [9.17, 15) is 4.79 Å². The molecule has 0 spiro atoms. The fourth-order valence-corrected chi connectivity index (χ4v) is 2.13. The highest BCUT2D eigenvalue weighted by atomic mass is 16.4. The van der Waals surface area contributed by atoms with Gasteiger partial charge in [0, 0.05) is 6.54 Å². The molecular weight excluding hydrogens is 202 g/mol. The molecule has 2 unspecified atom stereocenters. The van der Waals surface area contributed by atoms with Crippen LogP contribution in [-0.4, -0.2) is 35.6 Å². The lowest BCUT2D eigenvalue weighted by Crippen LogP contribution is -2.40. The van der Waals surface area contributed by atoms with Crippen LogP contribution in [0.4, 0.5) is 0 Å². The van der Waals surface area contributed by atoms with E-state index in [4.69, 9.17) is 5.11 Å². The number of hydrogen-bond acceptors (Lipinski definition) is 2. The Labute approximate surface area is 99.8 Å². The lowest BCUT2D eigenvalue weighted by molar-refractivity contribution is -0.143. The molecule has 3 heteroatoms. The zero-order valence-corrected chi connectivity index (χ0v) is 11.2. The molecule has 0 aromatic rings. The maximum atomic E-state index is 11.0. The molecule has 16 heavy (non-hydrogen) atoms. The lowest BCUT2D eigenvalue weighted by Gasteiger charge is -2.27. The van der Waals surface area contributed by atoms with E-state index in [0.717, 1.165) is 13.0 Å². The number of likely N-dealkylation sites (N-methyl/N-ethyl adjacent to an activating group) is 1. The summed E-state index contributed by atoms with van der Waals surface area (Å²) in [5, 5.41) is 9.06. The molecule has 96 valence electrons. The molecule has 2 atom stereocenters. The van der Waals surface area contributed by atoms with E-state index in [1.54, 1.807) is 0 Å². The summed E-state index contributed by atoms with van der Waals surface area (Å²) < 4.78 is 0. The second-order valence-electron chi connectivity index (χ2n) is 4.62. The highest BCUT2D eigenvalue weighted by molar-refractivity contribution is 5.73. The van der Waals surface area contributed by atoms with Crippen molar-refractivity contribution in [3.8, 4) is 0 Å². The summed E-state index contributed by atoms with van der Waals surface area (Å²) in [5.41, 5.74) is 0. The summed E-state index contributed by atoms with van der Waals surface area (Å²) in [5.74, 6) is -0.0614. The van der Waals surface area contributed by atoms with E-state index in [2.05, 4.69) is 13.8 Å². The second-order valence-corrected chi connectivity index (χ2v) is 4.62. The summed E-state index contributed by atoms with van der Waals surface area (Å²) in [6.45, 7) is 7.22. The quantitative estimate of drug-likeness (QED) is 0.660. The molecule has 3 nitrogen and oxygen atoms in total. The number of aliphatic carboxylic acids is 1. The van der Waals surface area contributed by atoms with E-state index < -0.39 is 5.97 Å². The van der Waals surface area contributed by atoms with Crippen molar-refractivity contribution in [2.45, 2.75) is 58.9 Å². The summed E-state index contributed by atoms with van der Waals surface area (Å²) in [4.78, 5) is 13.0. The van der Waals surface area contributed by atoms with Crippen molar-refractivity contribution >= 4 is 5.97 Å². The van der Waals surface area contributed by atoms with E-state index in [0.29, 0.717) is 12.3 Å². The topological polar surface area (TPSA) is 40.5 Å². The number of unbranched alkanes of at least 4 members (excludes halogenated alkanes) is 1. The zero-order chi connectivity index (χ0) is 12.6. The molecule has 0 aromatic heterocycles. The molecule has 0 aromatic carbocycles. The summed E-state index contributed by atoms with van der Waals surface area (Å²) in [6, 6.07) is -0.323. The molecule has 0 heterocycles. The molecule has 0 aliphatic carbocycles. The Kier molecular flexibility index (Phi) is 8.26. The Bertz CT molecular complexity index is 194. The van der Waals surface area contributed by atoms with Crippen molar-refractivity contribution in [3.63, 3.8) is 0 Å². The van der Waals surface area contributed by atoms with Crippen molar-refractivity contribution in [1.29, 1.82) is 0 Å². The minimum atomic E-state index is -0.699.